The number of quaternary nitrogens is 1. The van der Waals surface area contributed by atoms with Gasteiger partial charge in [-0.2, -0.15) is 0 Å². The van der Waals surface area contributed by atoms with Crippen LogP contribution < -0.4 is 10.2 Å². The van der Waals surface area contributed by atoms with Gasteiger partial charge in [-0.3, -0.25) is 10.1 Å². The van der Waals surface area contributed by atoms with E-state index in [4.69, 9.17) is 34.8 Å². The number of piperidine rings is 1. The zero-order valence-corrected chi connectivity index (χ0v) is 17.6. The Morgan fingerprint density at radius 1 is 1.12 bits per heavy atom. The number of benzene rings is 1. The number of halogens is 3. The lowest BCUT2D eigenvalue weighted by Crippen LogP contribution is -3.20. The molecule has 25 heavy (non-hydrogen) atoms. The van der Waals surface area contributed by atoms with Crippen LogP contribution in [0.15, 0.2) is 24.3 Å². The molecular weight excluding hydrogens is 379 g/mol. The molecule has 0 saturated carbocycles. The lowest BCUT2D eigenvalue weighted by molar-refractivity contribution is -0.932. The molecule has 6 heteroatoms. The number of nitrogens with one attached hydrogen (secondary N) is 2. The van der Waals surface area contributed by atoms with Crippen molar-refractivity contribution in [1.29, 1.82) is 0 Å². The molecule has 0 spiro atoms. The molecule has 1 aliphatic rings. The molecule has 0 aliphatic carbocycles. The SMILES string of the molecule is CC1CC[NH+](C(NC(=O)c2ccc(C(C)(C)C)cc2)C(Cl)(Cl)Cl)CC1. The van der Waals surface area contributed by atoms with Gasteiger partial charge >= 0.3 is 0 Å². The molecule has 1 atom stereocenters. The number of carbonyl (C=O) groups excluding carboxylic acids is 1. The van der Waals surface area contributed by atoms with E-state index in [9.17, 15) is 4.79 Å². The zero-order valence-electron chi connectivity index (χ0n) is 15.3. The predicted octanol–water partition coefficient (Wildman–Crippen LogP) is 3.73. The molecule has 1 aromatic carbocycles. The molecule has 2 rings (SSSR count). The van der Waals surface area contributed by atoms with Crippen LogP contribution in [-0.2, 0) is 5.41 Å². The van der Waals surface area contributed by atoms with Crippen molar-refractivity contribution < 1.29 is 9.69 Å². The van der Waals surface area contributed by atoms with Gasteiger partial charge in [-0.05, 0) is 41.9 Å². The molecule has 2 N–H and O–H groups in total. The minimum atomic E-state index is -1.54. The minimum absolute atomic E-state index is 0.0454. The lowest BCUT2D eigenvalue weighted by Gasteiger charge is -2.36. The maximum absolute atomic E-state index is 12.7. The summed E-state index contributed by atoms with van der Waals surface area (Å²) in [5.74, 6) is 0.475. The van der Waals surface area contributed by atoms with E-state index in [0.717, 1.165) is 30.8 Å². The molecule has 1 heterocycles. The average Bonchev–Trinajstić information content (AvgIpc) is 2.51. The maximum Gasteiger partial charge on any atom is 0.262 e. The van der Waals surface area contributed by atoms with Crippen molar-refractivity contribution in [1.82, 2.24) is 5.32 Å². The third-order valence-electron chi connectivity index (χ3n) is 4.94. The smallest absolute Gasteiger partial charge is 0.262 e. The standard InChI is InChI=1S/C19H27Cl3N2O/c1-13-9-11-24(12-10-13)17(19(20,21)22)23-16(25)14-5-7-15(8-6-14)18(2,3)4/h5-8,13,17H,9-12H2,1-4H3,(H,23,25)/p+1. The van der Waals surface area contributed by atoms with Crippen molar-refractivity contribution in [2.75, 3.05) is 13.1 Å². The summed E-state index contributed by atoms with van der Waals surface area (Å²) < 4.78 is -1.54. The number of carbonyl (C=O) groups is 1. The second-order valence-corrected chi connectivity index (χ2v) is 10.5. The highest BCUT2D eigenvalue weighted by Crippen LogP contribution is 2.28. The summed E-state index contributed by atoms with van der Waals surface area (Å²) in [6.45, 7) is 10.4. The number of hydrogen-bond donors (Lipinski definition) is 2. The molecule has 140 valence electrons. The number of alkyl halides is 3. The van der Waals surface area contributed by atoms with Crippen LogP contribution in [0.25, 0.3) is 0 Å². The van der Waals surface area contributed by atoms with Crippen LogP contribution in [0, 0.1) is 5.92 Å². The molecule has 0 radical (unpaired) electrons. The fourth-order valence-corrected chi connectivity index (χ4v) is 3.80. The molecule has 3 nitrogen and oxygen atoms in total. The first kappa shape index (κ1) is 20.8. The quantitative estimate of drug-likeness (QED) is 0.737. The second kappa shape index (κ2) is 8.04. The third kappa shape index (κ3) is 5.75. The monoisotopic (exact) mass is 405 g/mol. The van der Waals surface area contributed by atoms with Crippen LogP contribution in [0.4, 0.5) is 0 Å². The summed E-state index contributed by atoms with van der Waals surface area (Å²) in [6, 6.07) is 7.63. The highest BCUT2D eigenvalue weighted by Gasteiger charge is 2.43. The first-order chi connectivity index (χ1) is 11.5. The van der Waals surface area contributed by atoms with Crippen molar-refractivity contribution in [3.63, 3.8) is 0 Å². The molecule has 1 aromatic rings. The molecule has 1 fully saturated rings. The second-order valence-electron chi connectivity index (χ2n) is 8.12. The largest absolute Gasteiger partial charge is 0.312 e. The van der Waals surface area contributed by atoms with E-state index in [2.05, 4.69) is 33.0 Å². The van der Waals surface area contributed by atoms with E-state index >= 15 is 0 Å². The molecule has 0 bridgehead atoms. The van der Waals surface area contributed by atoms with Gasteiger partial charge in [0.05, 0.1) is 13.1 Å². The van der Waals surface area contributed by atoms with Gasteiger partial charge < -0.3 is 4.90 Å². The fourth-order valence-electron chi connectivity index (χ4n) is 3.17. The molecule has 1 aliphatic heterocycles. The Bertz CT molecular complexity index is 582. The van der Waals surface area contributed by atoms with E-state index < -0.39 is 9.96 Å². The van der Waals surface area contributed by atoms with Gasteiger partial charge in [-0.15, -0.1) is 0 Å². The van der Waals surface area contributed by atoms with Crippen molar-refractivity contribution >= 4 is 40.7 Å². The van der Waals surface area contributed by atoms with Crippen LogP contribution in [0.2, 0.25) is 0 Å². The Labute approximate surface area is 166 Å². The van der Waals surface area contributed by atoms with Crippen molar-refractivity contribution in [3.8, 4) is 0 Å². The van der Waals surface area contributed by atoms with Gasteiger partial charge in [0.2, 0.25) is 6.17 Å². The van der Waals surface area contributed by atoms with Gasteiger partial charge in [0.25, 0.3) is 9.70 Å². The van der Waals surface area contributed by atoms with E-state index in [1.807, 2.05) is 24.3 Å². The van der Waals surface area contributed by atoms with E-state index in [0.29, 0.717) is 11.5 Å². The molecular formula is C19H28Cl3N2O+. The van der Waals surface area contributed by atoms with Gasteiger partial charge in [0.1, 0.15) is 0 Å². The van der Waals surface area contributed by atoms with Gasteiger partial charge in [-0.1, -0.05) is 74.6 Å². The number of amides is 1. The Kier molecular flexibility index (Phi) is 6.70. The summed E-state index contributed by atoms with van der Waals surface area (Å²) in [6.07, 6.45) is 1.59. The fraction of sp³-hybridized carbons (Fsp3) is 0.632. The highest BCUT2D eigenvalue weighted by atomic mass is 35.6. The van der Waals surface area contributed by atoms with Crippen molar-refractivity contribution in [2.24, 2.45) is 5.92 Å². The summed E-state index contributed by atoms with van der Waals surface area (Å²) in [5, 5.41) is 2.94. The van der Waals surface area contributed by atoms with Crippen LogP contribution in [0.3, 0.4) is 0 Å². The van der Waals surface area contributed by atoms with Crippen LogP contribution in [0.1, 0.15) is 56.5 Å². The lowest BCUT2D eigenvalue weighted by atomic mass is 9.87. The molecule has 1 amide bonds. The Hall–Kier alpha value is -0.480. The van der Waals surface area contributed by atoms with Crippen molar-refractivity contribution in [2.45, 2.75) is 55.9 Å². The van der Waals surface area contributed by atoms with Gasteiger partial charge in [-0.25, -0.2) is 0 Å². The highest BCUT2D eigenvalue weighted by molar-refractivity contribution is 6.68. The summed E-state index contributed by atoms with van der Waals surface area (Å²) in [7, 11) is 0. The van der Waals surface area contributed by atoms with Gasteiger partial charge in [0, 0.05) is 5.56 Å². The minimum Gasteiger partial charge on any atom is -0.312 e. The molecule has 1 saturated heterocycles. The molecule has 1 unspecified atom stereocenters. The zero-order chi connectivity index (χ0) is 18.8. The first-order valence-corrected chi connectivity index (χ1v) is 9.94. The normalized spacial score (nSPS) is 23.2. The van der Waals surface area contributed by atoms with E-state index in [-0.39, 0.29) is 11.3 Å². The van der Waals surface area contributed by atoms with Crippen LogP contribution >= 0.6 is 34.8 Å². The number of rotatable bonds is 3. The first-order valence-electron chi connectivity index (χ1n) is 8.81. The van der Waals surface area contributed by atoms with Gasteiger partial charge in [0.15, 0.2) is 0 Å². The predicted molar refractivity (Wildman–Crippen MR) is 106 cm³/mol. The topological polar surface area (TPSA) is 33.5 Å². The summed E-state index contributed by atoms with van der Waals surface area (Å²) in [4.78, 5) is 13.8. The van der Waals surface area contributed by atoms with E-state index in [1.54, 1.807) is 0 Å². The van der Waals surface area contributed by atoms with Crippen LogP contribution in [0.5, 0.6) is 0 Å². The third-order valence-corrected chi connectivity index (χ3v) is 5.60. The number of hydrogen-bond acceptors (Lipinski definition) is 1. The number of likely N-dealkylation sites (tertiary alicyclic amines) is 1. The molecule has 0 aromatic heterocycles. The summed E-state index contributed by atoms with van der Waals surface area (Å²) in [5.41, 5.74) is 1.80. The van der Waals surface area contributed by atoms with Crippen LogP contribution in [-0.4, -0.2) is 29.0 Å². The Morgan fingerprint density at radius 3 is 2.08 bits per heavy atom. The Balaban J connectivity index is 2.11. The average molecular weight is 407 g/mol. The summed E-state index contributed by atoms with van der Waals surface area (Å²) >= 11 is 18.5. The maximum atomic E-state index is 12.7. The van der Waals surface area contributed by atoms with E-state index in [1.165, 1.54) is 5.56 Å². The Morgan fingerprint density at radius 2 is 1.64 bits per heavy atom. The van der Waals surface area contributed by atoms with Crippen molar-refractivity contribution in [3.05, 3.63) is 35.4 Å².